The second-order valence-corrected chi connectivity index (χ2v) is 7.18. The van der Waals surface area contributed by atoms with Crippen LogP contribution >= 0.6 is 11.6 Å². The Balaban J connectivity index is 1.64. The molecule has 1 fully saturated rings. The van der Waals surface area contributed by atoms with E-state index in [4.69, 9.17) is 11.6 Å². The first-order valence-electron chi connectivity index (χ1n) is 9.31. The minimum atomic E-state index is -0.507. The van der Waals surface area contributed by atoms with Crippen LogP contribution in [0.3, 0.4) is 0 Å². The van der Waals surface area contributed by atoms with Gasteiger partial charge in [-0.25, -0.2) is 0 Å². The summed E-state index contributed by atoms with van der Waals surface area (Å²) in [4.78, 5) is 37.1. The summed E-state index contributed by atoms with van der Waals surface area (Å²) in [5.74, 6) is -0.435. The van der Waals surface area contributed by atoms with Crippen LogP contribution in [0.25, 0.3) is 0 Å². The Labute approximate surface area is 173 Å². The zero-order chi connectivity index (χ0) is 20.8. The normalized spacial score (nSPS) is 13.6. The molecule has 0 spiro atoms. The molecule has 2 aromatic carbocycles. The number of likely N-dealkylation sites (tertiary alicyclic amines) is 1. The third-order valence-corrected chi connectivity index (χ3v) is 4.89. The zero-order valence-electron chi connectivity index (χ0n) is 15.7. The van der Waals surface area contributed by atoms with Gasteiger partial charge in [-0.2, -0.15) is 0 Å². The van der Waals surface area contributed by atoms with E-state index >= 15 is 0 Å². The SMILES string of the molecule is O=C(CNc1cc(Cl)ccc1C(=O)N1CCCCC1)Nc1ccc([N+](=O)[O-])cc1. The molecule has 2 aromatic rings. The Hall–Kier alpha value is -3.13. The molecule has 29 heavy (non-hydrogen) atoms. The number of hydrogen-bond acceptors (Lipinski definition) is 5. The first-order valence-corrected chi connectivity index (χ1v) is 9.69. The molecule has 1 heterocycles. The molecule has 9 heteroatoms. The van der Waals surface area contributed by atoms with E-state index in [1.807, 2.05) is 4.90 Å². The molecule has 0 unspecified atom stereocenters. The highest BCUT2D eigenvalue weighted by atomic mass is 35.5. The fraction of sp³-hybridized carbons (Fsp3) is 0.300. The van der Waals surface area contributed by atoms with Gasteiger partial charge in [0.15, 0.2) is 0 Å². The molecule has 1 aliphatic heterocycles. The van der Waals surface area contributed by atoms with Gasteiger partial charge < -0.3 is 15.5 Å². The summed E-state index contributed by atoms with van der Waals surface area (Å²) in [6.45, 7) is 1.36. The van der Waals surface area contributed by atoms with Crippen LogP contribution in [0.1, 0.15) is 29.6 Å². The summed E-state index contributed by atoms with van der Waals surface area (Å²) in [6, 6.07) is 10.5. The summed E-state index contributed by atoms with van der Waals surface area (Å²) in [7, 11) is 0. The maximum absolute atomic E-state index is 12.8. The van der Waals surface area contributed by atoms with Gasteiger partial charge in [0.2, 0.25) is 5.91 Å². The molecule has 0 aromatic heterocycles. The molecule has 0 radical (unpaired) electrons. The van der Waals surface area contributed by atoms with Gasteiger partial charge in [-0.3, -0.25) is 19.7 Å². The predicted octanol–water partition coefficient (Wildman–Crippen LogP) is 3.92. The summed E-state index contributed by atoms with van der Waals surface area (Å²) in [5.41, 5.74) is 1.35. The highest BCUT2D eigenvalue weighted by molar-refractivity contribution is 6.31. The van der Waals surface area contributed by atoms with Gasteiger partial charge in [-0.15, -0.1) is 0 Å². The molecule has 0 bridgehead atoms. The topological polar surface area (TPSA) is 105 Å². The van der Waals surface area contributed by atoms with Crippen LogP contribution < -0.4 is 10.6 Å². The van der Waals surface area contributed by atoms with Gasteiger partial charge in [-0.05, 0) is 49.6 Å². The molecule has 8 nitrogen and oxygen atoms in total. The molecule has 0 atom stereocenters. The number of nitro benzene ring substituents is 1. The van der Waals surface area contributed by atoms with E-state index in [0.717, 1.165) is 32.4 Å². The standard InChI is InChI=1S/C20H21ClN4O4/c21-14-4-9-17(20(27)24-10-2-1-3-11-24)18(12-14)22-13-19(26)23-15-5-7-16(8-6-15)25(28)29/h4-9,12,22H,1-3,10-11,13H2,(H,23,26). The highest BCUT2D eigenvalue weighted by Crippen LogP contribution is 2.24. The van der Waals surface area contributed by atoms with Crippen molar-refractivity contribution in [1.29, 1.82) is 0 Å². The first-order chi connectivity index (χ1) is 13.9. The lowest BCUT2D eigenvalue weighted by Crippen LogP contribution is -2.36. The fourth-order valence-corrected chi connectivity index (χ4v) is 3.34. The molecular weight excluding hydrogens is 396 g/mol. The van der Waals surface area contributed by atoms with E-state index in [-0.39, 0.29) is 24.0 Å². The van der Waals surface area contributed by atoms with E-state index in [1.54, 1.807) is 18.2 Å². The number of carbonyl (C=O) groups is 2. The van der Waals surface area contributed by atoms with Crippen molar-refractivity contribution in [3.8, 4) is 0 Å². The van der Waals surface area contributed by atoms with Crippen LogP contribution in [0, 0.1) is 10.1 Å². The van der Waals surface area contributed by atoms with E-state index in [0.29, 0.717) is 22.0 Å². The third kappa shape index (κ3) is 5.45. The van der Waals surface area contributed by atoms with Gasteiger partial charge in [0.05, 0.1) is 17.0 Å². The smallest absolute Gasteiger partial charge is 0.269 e. The van der Waals surface area contributed by atoms with E-state index in [2.05, 4.69) is 10.6 Å². The van der Waals surface area contributed by atoms with Crippen molar-refractivity contribution in [2.24, 2.45) is 0 Å². The molecule has 1 saturated heterocycles. The van der Waals surface area contributed by atoms with Gasteiger partial charge in [0, 0.05) is 41.6 Å². The highest BCUT2D eigenvalue weighted by Gasteiger charge is 2.21. The molecule has 0 aliphatic carbocycles. The van der Waals surface area contributed by atoms with Crippen LogP contribution in [-0.4, -0.2) is 41.3 Å². The Morgan fingerprint density at radius 3 is 2.41 bits per heavy atom. The van der Waals surface area contributed by atoms with Crippen LogP contribution in [0.15, 0.2) is 42.5 Å². The van der Waals surface area contributed by atoms with E-state index in [9.17, 15) is 19.7 Å². The lowest BCUT2D eigenvalue weighted by molar-refractivity contribution is -0.384. The second kappa shape index (κ2) is 9.38. The number of halogens is 1. The monoisotopic (exact) mass is 416 g/mol. The summed E-state index contributed by atoms with van der Waals surface area (Å²) in [5, 5.41) is 16.8. The Kier molecular flexibility index (Phi) is 6.66. The van der Waals surface area contributed by atoms with Crippen LogP contribution in [0.2, 0.25) is 5.02 Å². The van der Waals surface area contributed by atoms with Crippen LogP contribution in [-0.2, 0) is 4.79 Å². The van der Waals surface area contributed by atoms with Gasteiger partial charge in [0.1, 0.15) is 0 Å². The van der Waals surface area contributed by atoms with Gasteiger partial charge >= 0.3 is 0 Å². The molecular formula is C20H21ClN4O4. The maximum atomic E-state index is 12.8. The minimum Gasteiger partial charge on any atom is -0.375 e. The van der Waals surface area contributed by atoms with Crippen molar-refractivity contribution in [3.63, 3.8) is 0 Å². The Morgan fingerprint density at radius 2 is 1.76 bits per heavy atom. The zero-order valence-corrected chi connectivity index (χ0v) is 16.4. The average molecular weight is 417 g/mol. The third-order valence-electron chi connectivity index (χ3n) is 4.66. The summed E-state index contributed by atoms with van der Waals surface area (Å²) < 4.78 is 0. The fourth-order valence-electron chi connectivity index (χ4n) is 3.16. The lowest BCUT2D eigenvalue weighted by Gasteiger charge is -2.27. The van der Waals surface area contributed by atoms with Crippen molar-refractivity contribution in [3.05, 3.63) is 63.2 Å². The molecule has 152 valence electrons. The number of nitrogens with zero attached hydrogens (tertiary/aromatic N) is 2. The number of nitrogens with one attached hydrogen (secondary N) is 2. The van der Waals surface area contributed by atoms with Crippen LogP contribution in [0.5, 0.6) is 0 Å². The summed E-state index contributed by atoms with van der Waals surface area (Å²) in [6.07, 6.45) is 3.10. The number of hydrogen-bond donors (Lipinski definition) is 2. The van der Waals surface area contributed by atoms with Crippen molar-refractivity contribution >= 4 is 40.5 Å². The first kappa shape index (κ1) is 20.6. The number of piperidine rings is 1. The lowest BCUT2D eigenvalue weighted by atomic mass is 10.1. The number of non-ortho nitro benzene ring substituents is 1. The number of anilines is 2. The van der Waals surface area contributed by atoms with Crippen molar-refractivity contribution in [2.45, 2.75) is 19.3 Å². The molecule has 2 amide bonds. The number of rotatable bonds is 6. The molecule has 0 saturated carbocycles. The second-order valence-electron chi connectivity index (χ2n) is 6.75. The number of benzene rings is 2. The average Bonchev–Trinajstić information content (AvgIpc) is 2.73. The quantitative estimate of drug-likeness (QED) is 0.548. The maximum Gasteiger partial charge on any atom is 0.269 e. The largest absolute Gasteiger partial charge is 0.375 e. The van der Waals surface area contributed by atoms with Crippen LogP contribution in [0.4, 0.5) is 17.1 Å². The molecule has 2 N–H and O–H groups in total. The Morgan fingerprint density at radius 1 is 1.07 bits per heavy atom. The van der Waals surface area contributed by atoms with Crippen molar-refractivity contribution < 1.29 is 14.5 Å². The minimum absolute atomic E-state index is 0.0547. The van der Waals surface area contributed by atoms with Gasteiger partial charge in [-0.1, -0.05) is 11.6 Å². The van der Waals surface area contributed by atoms with E-state index < -0.39 is 4.92 Å². The molecule has 3 rings (SSSR count). The van der Waals surface area contributed by atoms with Crippen molar-refractivity contribution in [1.82, 2.24) is 4.90 Å². The summed E-state index contributed by atoms with van der Waals surface area (Å²) >= 11 is 6.07. The van der Waals surface area contributed by atoms with Gasteiger partial charge in [0.25, 0.3) is 11.6 Å². The number of carbonyl (C=O) groups excluding carboxylic acids is 2. The predicted molar refractivity (Wildman–Crippen MR) is 111 cm³/mol. The number of nitro groups is 1. The number of amides is 2. The van der Waals surface area contributed by atoms with Crippen molar-refractivity contribution in [2.75, 3.05) is 30.3 Å². The Bertz CT molecular complexity index is 911. The molecule has 1 aliphatic rings. The van der Waals surface area contributed by atoms with E-state index in [1.165, 1.54) is 24.3 Å².